The van der Waals surface area contributed by atoms with E-state index in [2.05, 4.69) is 10.1 Å². The highest BCUT2D eigenvalue weighted by molar-refractivity contribution is 7.90. The number of carboxylic acids is 1. The number of ether oxygens (including phenoxy) is 1. The number of carbonyl (C=O) groups is 2. The molecule has 9 heteroatoms. The number of carbonyl (C=O) groups excluding carboxylic acids is 1. The van der Waals surface area contributed by atoms with E-state index in [0.717, 1.165) is 12.3 Å². The summed E-state index contributed by atoms with van der Waals surface area (Å²) in [6.07, 6.45) is 0.959. The summed E-state index contributed by atoms with van der Waals surface area (Å²) in [5.74, 6) is -2.00. The first-order chi connectivity index (χ1) is 9.66. The third-order valence-electron chi connectivity index (χ3n) is 2.53. The van der Waals surface area contributed by atoms with Gasteiger partial charge in [0, 0.05) is 18.9 Å². The fourth-order valence-electron chi connectivity index (χ4n) is 1.51. The molecule has 1 unspecified atom stereocenters. The smallest absolute Gasteiger partial charge is 0.328 e. The number of methoxy groups -OCH3 is 1. The third-order valence-corrected chi connectivity index (χ3v) is 4.11. The molecule has 1 aromatic rings. The average molecular weight is 336 g/mol. The van der Waals surface area contributed by atoms with Crippen molar-refractivity contribution in [3.63, 3.8) is 0 Å². The van der Waals surface area contributed by atoms with Gasteiger partial charge in [0.15, 0.2) is 15.9 Å². The SMILES string of the molecule is COCC(NC(=O)c1ccc(Cl)c(S(C)(=O)=O)c1)C(=O)O. The van der Waals surface area contributed by atoms with Gasteiger partial charge in [-0.05, 0) is 18.2 Å². The number of carboxylic acid groups (broad SMARTS) is 1. The van der Waals surface area contributed by atoms with Gasteiger partial charge in [-0.1, -0.05) is 11.6 Å². The summed E-state index contributed by atoms with van der Waals surface area (Å²) in [5, 5.41) is 11.1. The third kappa shape index (κ3) is 4.69. The molecule has 1 aromatic carbocycles. The molecule has 1 rings (SSSR count). The second kappa shape index (κ2) is 6.88. The van der Waals surface area contributed by atoms with Crippen LogP contribution in [-0.4, -0.2) is 51.4 Å². The van der Waals surface area contributed by atoms with Crippen molar-refractivity contribution in [2.45, 2.75) is 10.9 Å². The Bertz CT molecular complexity index is 658. The zero-order valence-corrected chi connectivity index (χ0v) is 12.9. The lowest BCUT2D eigenvalue weighted by Crippen LogP contribution is -2.43. The quantitative estimate of drug-likeness (QED) is 0.786. The van der Waals surface area contributed by atoms with Crippen LogP contribution < -0.4 is 5.32 Å². The Morgan fingerprint density at radius 1 is 1.43 bits per heavy atom. The number of benzene rings is 1. The van der Waals surface area contributed by atoms with E-state index in [0.29, 0.717) is 0 Å². The summed E-state index contributed by atoms with van der Waals surface area (Å²) in [6, 6.07) is 2.43. The molecule has 1 atom stereocenters. The predicted octanol–water partition coefficient (Wildman–Crippen LogP) is 0.573. The fourth-order valence-corrected chi connectivity index (χ4v) is 2.81. The van der Waals surface area contributed by atoms with Crippen molar-refractivity contribution < 1.29 is 27.9 Å². The van der Waals surface area contributed by atoms with Gasteiger partial charge in [-0.15, -0.1) is 0 Å². The Morgan fingerprint density at radius 3 is 2.52 bits per heavy atom. The fraction of sp³-hybridized carbons (Fsp3) is 0.333. The molecule has 0 heterocycles. The molecule has 1 amide bonds. The number of hydrogen-bond donors (Lipinski definition) is 2. The number of amides is 1. The minimum atomic E-state index is -3.60. The normalized spacial score (nSPS) is 12.7. The molecule has 7 nitrogen and oxygen atoms in total. The second-order valence-electron chi connectivity index (χ2n) is 4.24. The Hall–Kier alpha value is -1.64. The van der Waals surface area contributed by atoms with Crippen LogP contribution in [0, 0.1) is 0 Å². The standard InChI is InChI=1S/C12H14ClNO6S/c1-20-6-9(12(16)17)14-11(15)7-3-4-8(13)10(5-7)21(2,18)19/h3-5,9H,6H2,1-2H3,(H,14,15)(H,16,17). The second-order valence-corrected chi connectivity index (χ2v) is 6.63. The van der Waals surface area contributed by atoms with Crippen molar-refractivity contribution in [1.82, 2.24) is 5.32 Å². The molecular formula is C12H14ClNO6S. The lowest BCUT2D eigenvalue weighted by Gasteiger charge is -2.14. The Morgan fingerprint density at radius 2 is 2.05 bits per heavy atom. The van der Waals surface area contributed by atoms with Gasteiger partial charge in [0.2, 0.25) is 0 Å². The lowest BCUT2D eigenvalue weighted by molar-refractivity contribution is -0.140. The van der Waals surface area contributed by atoms with Crippen LogP contribution in [0.4, 0.5) is 0 Å². The molecule has 0 spiro atoms. The highest BCUT2D eigenvalue weighted by Gasteiger charge is 2.22. The molecule has 0 radical (unpaired) electrons. The lowest BCUT2D eigenvalue weighted by atomic mass is 10.2. The van der Waals surface area contributed by atoms with E-state index in [4.69, 9.17) is 16.7 Å². The molecule has 0 saturated heterocycles. The number of hydrogen-bond acceptors (Lipinski definition) is 5. The van der Waals surface area contributed by atoms with Crippen LogP contribution >= 0.6 is 11.6 Å². The monoisotopic (exact) mass is 335 g/mol. The zero-order valence-electron chi connectivity index (χ0n) is 11.3. The molecule has 0 aliphatic carbocycles. The van der Waals surface area contributed by atoms with Gasteiger partial charge in [0.05, 0.1) is 16.5 Å². The first kappa shape index (κ1) is 17.4. The summed E-state index contributed by atoms with van der Waals surface area (Å²) in [4.78, 5) is 22.7. The van der Waals surface area contributed by atoms with Crippen molar-refractivity contribution in [3.8, 4) is 0 Å². The van der Waals surface area contributed by atoms with E-state index in [1.54, 1.807) is 0 Å². The van der Waals surface area contributed by atoms with E-state index in [9.17, 15) is 18.0 Å². The van der Waals surface area contributed by atoms with E-state index in [1.807, 2.05) is 0 Å². The van der Waals surface area contributed by atoms with Crippen molar-refractivity contribution in [1.29, 1.82) is 0 Å². The van der Waals surface area contributed by atoms with Crippen LogP contribution in [0.5, 0.6) is 0 Å². The number of aliphatic carboxylic acids is 1. The number of nitrogens with one attached hydrogen (secondary N) is 1. The van der Waals surface area contributed by atoms with Crippen LogP contribution in [-0.2, 0) is 19.4 Å². The summed E-state index contributed by atoms with van der Waals surface area (Å²) < 4.78 is 27.7. The topological polar surface area (TPSA) is 110 Å². The van der Waals surface area contributed by atoms with Crippen molar-refractivity contribution in [2.75, 3.05) is 20.0 Å². The Labute approximate surface area is 126 Å². The molecule has 0 saturated carbocycles. The van der Waals surface area contributed by atoms with Crippen LogP contribution in [0.15, 0.2) is 23.1 Å². The van der Waals surface area contributed by atoms with Crippen molar-refractivity contribution >= 4 is 33.3 Å². The van der Waals surface area contributed by atoms with Gasteiger partial charge < -0.3 is 15.2 Å². The molecule has 0 aliphatic rings. The highest BCUT2D eigenvalue weighted by atomic mass is 35.5. The van der Waals surface area contributed by atoms with Crippen LogP contribution in [0.25, 0.3) is 0 Å². The largest absolute Gasteiger partial charge is 0.480 e. The van der Waals surface area contributed by atoms with Crippen molar-refractivity contribution in [3.05, 3.63) is 28.8 Å². The minimum absolute atomic E-state index is 0.0119. The number of halogens is 1. The summed E-state index contributed by atoms with van der Waals surface area (Å²) in [7, 11) is -2.30. The molecule has 21 heavy (non-hydrogen) atoms. The number of sulfone groups is 1. The van der Waals surface area contributed by atoms with Crippen LogP contribution in [0.1, 0.15) is 10.4 Å². The first-order valence-corrected chi connectivity index (χ1v) is 7.96. The minimum Gasteiger partial charge on any atom is -0.480 e. The molecule has 116 valence electrons. The Balaban J connectivity index is 3.06. The summed E-state index contributed by atoms with van der Waals surface area (Å²) in [6.45, 7) is -0.215. The van der Waals surface area contributed by atoms with Gasteiger partial charge in [-0.3, -0.25) is 4.79 Å². The van der Waals surface area contributed by atoms with E-state index >= 15 is 0 Å². The van der Waals surface area contributed by atoms with E-state index < -0.39 is 27.8 Å². The van der Waals surface area contributed by atoms with E-state index in [1.165, 1.54) is 19.2 Å². The van der Waals surface area contributed by atoms with Gasteiger partial charge in [0.1, 0.15) is 0 Å². The van der Waals surface area contributed by atoms with Gasteiger partial charge in [-0.2, -0.15) is 0 Å². The predicted molar refractivity (Wildman–Crippen MR) is 75.3 cm³/mol. The molecular weight excluding hydrogens is 322 g/mol. The maximum absolute atomic E-state index is 12.0. The molecule has 0 aliphatic heterocycles. The van der Waals surface area contributed by atoms with Gasteiger partial charge >= 0.3 is 5.97 Å². The molecule has 0 bridgehead atoms. The summed E-state index contributed by atoms with van der Waals surface area (Å²) >= 11 is 5.77. The average Bonchev–Trinajstić information content (AvgIpc) is 2.37. The highest BCUT2D eigenvalue weighted by Crippen LogP contribution is 2.22. The van der Waals surface area contributed by atoms with Gasteiger partial charge in [-0.25, -0.2) is 13.2 Å². The number of rotatable bonds is 6. The molecule has 2 N–H and O–H groups in total. The van der Waals surface area contributed by atoms with Crippen molar-refractivity contribution in [2.24, 2.45) is 0 Å². The Kier molecular flexibility index (Phi) is 5.70. The van der Waals surface area contributed by atoms with E-state index in [-0.39, 0.29) is 22.1 Å². The molecule has 0 aromatic heterocycles. The van der Waals surface area contributed by atoms with Gasteiger partial charge in [0.25, 0.3) is 5.91 Å². The maximum atomic E-state index is 12.0. The maximum Gasteiger partial charge on any atom is 0.328 e. The first-order valence-electron chi connectivity index (χ1n) is 5.69. The molecule has 0 fully saturated rings. The summed E-state index contributed by atoms with van der Waals surface area (Å²) in [5.41, 5.74) is -0.0119. The van der Waals surface area contributed by atoms with Crippen LogP contribution in [0.3, 0.4) is 0 Å². The zero-order chi connectivity index (χ0) is 16.2. The van der Waals surface area contributed by atoms with Crippen LogP contribution in [0.2, 0.25) is 5.02 Å².